The van der Waals surface area contributed by atoms with Crippen molar-refractivity contribution in [2.75, 3.05) is 0 Å². The normalized spacial score (nSPS) is 10.4. The van der Waals surface area contributed by atoms with Gasteiger partial charge in [-0.2, -0.15) is 0 Å². The Kier molecular flexibility index (Phi) is 3.11. The van der Waals surface area contributed by atoms with Gasteiger partial charge in [0.2, 0.25) is 0 Å². The van der Waals surface area contributed by atoms with Crippen LogP contribution < -0.4 is 0 Å². The van der Waals surface area contributed by atoms with Crippen molar-refractivity contribution in [3.8, 4) is 0 Å². The minimum Gasteiger partial charge on any atom is -0.340 e. The molecule has 1 heterocycles. The summed E-state index contributed by atoms with van der Waals surface area (Å²) in [4.78, 5) is 7.17. The topological polar surface area (TPSA) is 28.7 Å². The van der Waals surface area contributed by atoms with Crippen molar-refractivity contribution < 1.29 is 0 Å². The number of benzene rings is 1. The summed E-state index contributed by atoms with van der Waals surface area (Å²) in [6.07, 6.45) is 3.57. The summed E-state index contributed by atoms with van der Waals surface area (Å²) in [6, 6.07) is 7.86. The maximum absolute atomic E-state index is 5.87. The molecule has 2 nitrogen and oxygen atoms in total. The van der Waals surface area contributed by atoms with E-state index in [1.54, 1.807) is 18.0 Å². The number of hydrogen-bond acceptors (Lipinski definition) is 2. The molecule has 72 valence electrons. The van der Waals surface area contributed by atoms with E-state index in [-0.39, 0.29) is 0 Å². The lowest BCUT2D eigenvalue weighted by atomic mass is 10.2. The van der Waals surface area contributed by atoms with Crippen LogP contribution in [-0.2, 0) is 5.75 Å². The van der Waals surface area contributed by atoms with E-state index in [1.807, 2.05) is 24.4 Å². The number of hydrogen-bond donors (Lipinski definition) is 1. The van der Waals surface area contributed by atoms with Crippen LogP contribution in [-0.4, -0.2) is 9.97 Å². The van der Waals surface area contributed by atoms with Gasteiger partial charge in [0.1, 0.15) is 0 Å². The third-order valence-corrected chi connectivity index (χ3v) is 2.95. The summed E-state index contributed by atoms with van der Waals surface area (Å²) in [6.45, 7) is 0. The molecule has 0 amide bonds. The van der Waals surface area contributed by atoms with E-state index < -0.39 is 0 Å². The van der Waals surface area contributed by atoms with Gasteiger partial charge >= 0.3 is 0 Å². The van der Waals surface area contributed by atoms with Crippen molar-refractivity contribution >= 4 is 23.4 Å². The number of aromatic amines is 1. The van der Waals surface area contributed by atoms with Gasteiger partial charge in [-0.05, 0) is 17.7 Å². The first-order chi connectivity index (χ1) is 6.84. The molecule has 0 saturated carbocycles. The number of halogens is 1. The number of thioether (sulfide) groups is 1. The molecule has 0 fully saturated rings. The van der Waals surface area contributed by atoms with E-state index in [0.29, 0.717) is 0 Å². The lowest BCUT2D eigenvalue weighted by Crippen LogP contribution is -1.81. The summed E-state index contributed by atoms with van der Waals surface area (Å²) in [5.74, 6) is 0.883. The molecule has 0 bridgehead atoms. The van der Waals surface area contributed by atoms with Gasteiger partial charge in [0, 0.05) is 23.2 Å². The van der Waals surface area contributed by atoms with E-state index in [4.69, 9.17) is 11.6 Å². The molecule has 1 N–H and O–H groups in total. The monoisotopic (exact) mass is 224 g/mol. The lowest BCUT2D eigenvalue weighted by molar-refractivity contribution is 1.06. The summed E-state index contributed by atoms with van der Waals surface area (Å²) < 4.78 is 0. The molecule has 0 aliphatic carbocycles. The highest BCUT2D eigenvalue weighted by Crippen LogP contribution is 2.20. The van der Waals surface area contributed by atoms with Crippen molar-refractivity contribution in [2.45, 2.75) is 10.9 Å². The second-order valence-electron chi connectivity index (χ2n) is 2.81. The van der Waals surface area contributed by atoms with Crippen LogP contribution in [0.2, 0.25) is 5.02 Å². The zero-order valence-electron chi connectivity index (χ0n) is 7.40. The first-order valence-electron chi connectivity index (χ1n) is 4.21. The zero-order chi connectivity index (χ0) is 9.80. The van der Waals surface area contributed by atoms with Crippen molar-refractivity contribution in [3.63, 3.8) is 0 Å². The van der Waals surface area contributed by atoms with Gasteiger partial charge in [-0.3, -0.25) is 0 Å². The molecule has 1 aromatic carbocycles. The summed E-state index contributed by atoms with van der Waals surface area (Å²) in [7, 11) is 0. The second-order valence-corrected chi connectivity index (χ2v) is 4.21. The van der Waals surface area contributed by atoms with Gasteiger partial charge in [0.05, 0.1) is 0 Å². The van der Waals surface area contributed by atoms with Crippen molar-refractivity contribution in [3.05, 3.63) is 47.2 Å². The largest absolute Gasteiger partial charge is 0.340 e. The van der Waals surface area contributed by atoms with E-state index in [1.165, 1.54) is 5.56 Å². The Labute approximate surface area is 91.7 Å². The lowest BCUT2D eigenvalue weighted by Gasteiger charge is -1.99. The molecule has 0 aliphatic rings. The van der Waals surface area contributed by atoms with Gasteiger partial charge in [0.25, 0.3) is 0 Å². The fraction of sp³-hybridized carbons (Fsp3) is 0.100. The fourth-order valence-corrected chi connectivity index (χ4v) is 2.09. The maximum atomic E-state index is 5.87. The van der Waals surface area contributed by atoms with Crippen LogP contribution in [0.1, 0.15) is 5.56 Å². The number of H-pyrrole nitrogens is 1. The predicted molar refractivity (Wildman–Crippen MR) is 59.6 cm³/mol. The Morgan fingerprint density at radius 3 is 3.07 bits per heavy atom. The van der Waals surface area contributed by atoms with E-state index >= 15 is 0 Å². The summed E-state index contributed by atoms with van der Waals surface area (Å²) >= 11 is 7.54. The fourth-order valence-electron chi connectivity index (χ4n) is 1.11. The molecule has 0 radical (unpaired) electrons. The van der Waals surface area contributed by atoms with E-state index in [9.17, 15) is 0 Å². The molecule has 0 atom stereocenters. The van der Waals surface area contributed by atoms with Crippen LogP contribution in [0.5, 0.6) is 0 Å². The van der Waals surface area contributed by atoms with Gasteiger partial charge in [0.15, 0.2) is 5.16 Å². The van der Waals surface area contributed by atoms with Gasteiger partial charge in [-0.1, -0.05) is 35.5 Å². The first kappa shape index (κ1) is 9.62. The molecular weight excluding hydrogens is 216 g/mol. The van der Waals surface area contributed by atoms with Gasteiger partial charge in [-0.25, -0.2) is 4.98 Å². The number of nitrogens with one attached hydrogen (secondary N) is 1. The standard InChI is InChI=1S/C10H9ClN2S/c11-9-3-1-2-8(6-9)7-14-10-12-4-5-13-10/h1-6H,7H2,(H,12,13). The second kappa shape index (κ2) is 4.53. The molecule has 0 saturated heterocycles. The molecule has 2 aromatic rings. The Morgan fingerprint density at radius 1 is 1.43 bits per heavy atom. The minimum absolute atomic E-state index is 0.780. The molecule has 0 spiro atoms. The van der Waals surface area contributed by atoms with E-state index in [0.717, 1.165) is 15.9 Å². The van der Waals surface area contributed by atoms with Crippen molar-refractivity contribution in [1.29, 1.82) is 0 Å². The molecule has 0 aliphatic heterocycles. The van der Waals surface area contributed by atoms with Crippen LogP contribution in [0.25, 0.3) is 0 Å². The quantitative estimate of drug-likeness (QED) is 0.810. The highest BCUT2D eigenvalue weighted by molar-refractivity contribution is 7.98. The number of aromatic nitrogens is 2. The minimum atomic E-state index is 0.780. The molecule has 14 heavy (non-hydrogen) atoms. The predicted octanol–water partition coefficient (Wildman–Crippen LogP) is 3.36. The smallest absolute Gasteiger partial charge is 0.165 e. The van der Waals surface area contributed by atoms with Gasteiger partial charge in [-0.15, -0.1) is 0 Å². The van der Waals surface area contributed by atoms with Gasteiger partial charge < -0.3 is 4.98 Å². The highest BCUT2D eigenvalue weighted by atomic mass is 35.5. The van der Waals surface area contributed by atoms with E-state index in [2.05, 4.69) is 16.0 Å². The van der Waals surface area contributed by atoms with Crippen LogP contribution in [0.15, 0.2) is 41.8 Å². The van der Waals surface area contributed by atoms with Crippen LogP contribution in [0.4, 0.5) is 0 Å². The first-order valence-corrected chi connectivity index (χ1v) is 5.57. The Morgan fingerprint density at radius 2 is 2.36 bits per heavy atom. The van der Waals surface area contributed by atoms with Crippen LogP contribution >= 0.6 is 23.4 Å². The average Bonchev–Trinajstić information content (AvgIpc) is 2.67. The average molecular weight is 225 g/mol. The van der Waals surface area contributed by atoms with Crippen molar-refractivity contribution in [1.82, 2.24) is 9.97 Å². The zero-order valence-corrected chi connectivity index (χ0v) is 8.98. The number of nitrogens with zero attached hydrogens (tertiary/aromatic N) is 1. The Balaban J connectivity index is 1.98. The number of rotatable bonds is 3. The molecule has 4 heteroatoms. The Bertz CT molecular complexity index is 400. The molecule has 0 unspecified atom stereocenters. The number of imidazole rings is 1. The Hall–Kier alpha value is -0.930. The molecule has 2 rings (SSSR count). The maximum Gasteiger partial charge on any atom is 0.165 e. The molecule has 1 aromatic heterocycles. The van der Waals surface area contributed by atoms with Crippen molar-refractivity contribution in [2.24, 2.45) is 0 Å². The summed E-state index contributed by atoms with van der Waals surface area (Å²) in [5.41, 5.74) is 1.21. The third-order valence-electron chi connectivity index (χ3n) is 1.74. The third kappa shape index (κ3) is 2.53. The van der Waals surface area contributed by atoms with Crippen LogP contribution in [0, 0.1) is 0 Å². The highest BCUT2D eigenvalue weighted by Gasteiger charge is 1.98. The van der Waals surface area contributed by atoms with Crippen LogP contribution in [0.3, 0.4) is 0 Å². The SMILES string of the molecule is Clc1cccc(CSc2ncc[nH]2)c1. The summed E-state index contributed by atoms with van der Waals surface area (Å²) in [5, 5.41) is 1.72. The molecular formula is C10H9ClN2S.